The molecule has 2 rings (SSSR count). The Morgan fingerprint density at radius 3 is 2.59 bits per heavy atom. The third-order valence-corrected chi connectivity index (χ3v) is 4.06. The number of carbonyl (C=O) groups is 2. The summed E-state index contributed by atoms with van der Waals surface area (Å²) in [4.78, 5) is 23.4. The van der Waals surface area contributed by atoms with Gasteiger partial charge in [0, 0.05) is 13.0 Å². The van der Waals surface area contributed by atoms with E-state index in [-0.39, 0.29) is 12.3 Å². The normalized spacial score (nSPS) is 16.2. The molecule has 0 radical (unpaired) electrons. The minimum Gasteiger partial charge on any atom is -0.495 e. The SMILES string of the molecule is COc1ccccc1NC(=O)CCNC1(C(=O)O)CCCC1. The molecular weight excluding hydrogens is 284 g/mol. The maximum absolute atomic E-state index is 12.0. The van der Waals surface area contributed by atoms with Crippen molar-refractivity contribution in [2.75, 3.05) is 19.0 Å². The van der Waals surface area contributed by atoms with Crippen molar-refractivity contribution in [1.82, 2.24) is 5.32 Å². The van der Waals surface area contributed by atoms with Crippen molar-refractivity contribution >= 4 is 17.6 Å². The van der Waals surface area contributed by atoms with Crippen LogP contribution in [0.25, 0.3) is 0 Å². The third-order valence-electron chi connectivity index (χ3n) is 4.06. The molecule has 0 bridgehead atoms. The second-order valence-corrected chi connectivity index (χ2v) is 5.52. The number of carbonyl (C=O) groups excluding carboxylic acids is 1. The molecule has 0 atom stereocenters. The summed E-state index contributed by atoms with van der Waals surface area (Å²) in [5, 5.41) is 15.2. The Kier molecular flexibility index (Phi) is 5.38. The number of ether oxygens (including phenoxy) is 1. The van der Waals surface area contributed by atoms with E-state index in [1.54, 1.807) is 19.2 Å². The highest BCUT2D eigenvalue weighted by atomic mass is 16.5. The Balaban J connectivity index is 1.84. The molecule has 1 fully saturated rings. The standard InChI is InChI=1S/C16H22N2O4/c1-22-13-7-3-2-6-12(13)18-14(19)8-11-17-16(15(20)21)9-4-5-10-16/h2-3,6-7,17H,4-5,8-11H2,1H3,(H,18,19)(H,20,21). The van der Waals surface area contributed by atoms with E-state index in [4.69, 9.17) is 4.74 Å². The zero-order valence-electron chi connectivity index (χ0n) is 12.7. The second-order valence-electron chi connectivity index (χ2n) is 5.52. The number of carboxylic acid groups (broad SMARTS) is 1. The molecule has 6 nitrogen and oxygen atoms in total. The van der Waals surface area contributed by atoms with Gasteiger partial charge in [-0.05, 0) is 25.0 Å². The fourth-order valence-corrected chi connectivity index (χ4v) is 2.82. The summed E-state index contributed by atoms with van der Waals surface area (Å²) in [6.45, 7) is 0.341. The van der Waals surface area contributed by atoms with E-state index in [0.717, 1.165) is 12.8 Å². The largest absolute Gasteiger partial charge is 0.495 e. The minimum atomic E-state index is -0.856. The van der Waals surface area contributed by atoms with Crippen LogP contribution in [0.4, 0.5) is 5.69 Å². The van der Waals surface area contributed by atoms with E-state index in [0.29, 0.717) is 30.8 Å². The van der Waals surface area contributed by atoms with Crippen LogP contribution in [0.1, 0.15) is 32.1 Å². The van der Waals surface area contributed by atoms with Gasteiger partial charge in [0.25, 0.3) is 0 Å². The van der Waals surface area contributed by atoms with Crippen LogP contribution in [0.15, 0.2) is 24.3 Å². The quantitative estimate of drug-likeness (QED) is 0.717. The van der Waals surface area contributed by atoms with Gasteiger partial charge in [-0.1, -0.05) is 25.0 Å². The number of anilines is 1. The minimum absolute atomic E-state index is 0.171. The lowest BCUT2D eigenvalue weighted by atomic mass is 9.98. The Bertz CT molecular complexity index is 539. The number of rotatable bonds is 7. The molecule has 0 heterocycles. The highest BCUT2D eigenvalue weighted by Gasteiger charge is 2.40. The lowest BCUT2D eigenvalue weighted by Gasteiger charge is -2.25. The number of carboxylic acids is 1. The molecule has 1 amide bonds. The zero-order valence-corrected chi connectivity index (χ0v) is 12.7. The van der Waals surface area contributed by atoms with Crippen molar-refractivity contribution in [3.05, 3.63) is 24.3 Å². The summed E-state index contributed by atoms with van der Waals surface area (Å²) < 4.78 is 5.17. The highest BCUT2D eigenvalue weighted by molar-refractivity contribution is 5.92. The maximum atomic E-state index is 12.0. The predicted octanol–water partition coefficient (Wildman–Crippen LogP) is 2.01. The van der Waals surface area contributed by atoms with Crippen LogP contribution >= 0.6 is 0 Å². The summed E-state index contributed by atoms with van der Waals surface area (Å²) in [6.07, 6.45) is 3.28. The molecule has 22 heavy (non-hydrogen) atoms. The molecule has 0 aromatic heterocycles. The van der Waals surface area contributed by atoms with Crippen molar-refractivity contribution < 1.29 is 19.4 Å². The topological polar surface area (TPSA) is 87.7 Å². The van der Waals surface area contributed by atoms with Gasteiger partial charge in [-0.2, -0.15) is 0 Å². The number of nitrogens with one attached hydrogen (secondary N) is 2. The summed E-state index contributed by atoms with van der Waals surface area (Å²) >= 11 is 0. The number of amides is 1. The monoisotopic (exact) mass is 306 g/mol. The van der Waals surface area contributed by atoms with Gasteiger partial charge in [-0.25, -0.2) is 0 Å². The van der Waals surface area contributed by atoms with Gasteiger partial charge in [0.1, 0.15) is 11.3 Å². The van der Waals surface area contributed by atoms with E-state index < -0.39 is 11.5 Å². The smallest absolute Gasteiger partial charge is 0.323 e. The molecular formula is C16H22N2O4. The van der Waals surface area contributed by atoms with Gasteiger partial charge < -0.3 is 20.5 Å². The van der Waals surface area contributed by atoms with E-state index >= 15 is 0 Å². The zero-order chi connectivity index (χ0) is 16.0. The summed E-state index contributed by atoms with van der Waals surface area (Å²) in [5.74, 6) is -0.396. The number of benzene rings is 1. The highest BCUT2D eigenvalue weighted by Crippen LogP contribution is 2.29. The number of methoxy groups -OCH3 is 1. The number of para-hydroxylation sites is 2. The summed E-state index contributed by atoms with van der Waals surface area (Å²) in [6, 6.07) is 7.17. The molecule has 6 heteroatoms. The van der Waals surface area contributed by atoms with Crippen LogP contribution in [0, 0.1) is 0 Å². The molecule has 0 unspecified atom stereocenters. The van der Waals surface area contributed by atoms with Crippen molar-refractivity contribution in [2.45, 2.75) is 37.6 Å². The van der Waals surface area contributed by atoms with Gasteiger partial charge in [-0.3, -0.25) is 9.59 Å². The Hall–Kier alpha value is -2.08. The number of hydrogen-bond acceptors (Lipinski definition) is 4. The van der Waals surface area contributed by atoms with Gasteiger partial charge in [0.2, 0.25) is 5.91 Å². The van der Waals surface area contributed by atoms with E-state index in [2.05, 4.69) is 10.6 Å². The third kappa shape index (κ3) is 3.76. The lowest BCUT2D eigenvalue weighted by molar-refractivity contribution is -0.144. The van der Waals surface area contributed by atoms with Gasteiger partial charge in [0.15, 0.2) is 0 Å². The molecule has 1 aromatic rings. The fraction of sp³-hybridized carbons (Fsp3) is 0.500. The average Bonchev–Trinajstić information content (AvgIpc) is 2.98. The summed E-state index contributed by atoms with van der Waals surface area (Å²) in [5.41, 5.74) is -0.242. The molecule has 0 spiro atoms. The number of hydrogen-bond donors (Lipinski definition) is 3. The van der Waals surface area contributed by atoms with E-state index in [1.165, 1.54) is 0 Å². The van der Waals surface area contributed by atoms with Gasteiger partial charge >= 0.3 is 5.97 Å². The second kappa shape index (κ2) is 7.26. The molecule has 1 aromatic carbocycles. The molecule has 0 saturated heterocycles. The van der Waals surface area contributed by atoms with Crippen molar-refractivity contribution in [3.63, 3.8) is 0 Å². The van der Waals surface area contributed by atoms with Crippen LogP contribution in [-0.4, -0.2) is 36.2 Å². The van der Waals surface area contributed by atoms with E-state index in [9.17, 15) is 14.7 Å². The van der Waals surface area contributed by atoms with E-state index in [1.807, 2.05) is 12.1 Å². The van der Waals surface area contributed by atoms with Crippen molar-refractivity contribution in [2.24, 2.45) is 0 Å². The van der Waals surface area contributed by atoms with Crippen molar-refractivity contribution in [1.29, 1.82) is 0 Å². The lowest BCUT2D eigenvalue weighted by Crippen LogP contribution is -2.50. The molecule has 1 saturated carbocycles. The Morgan fingerprint density at radius 1 is 1.27 bits per heavy atom. The maximum Gasteiger partial charge on any atom is 0.323 e. The number of aliphatic carboxylic acids is 1. The van der Waals surface area contributed by atoms with Crippen molar-refractivity contribution in [3.8, 4) is 5.75 Å². The van der Waals surface area contributed by atoms with Crippen LogP contribution in [0.5, 0.6) is 5.75 Å². The Morgan fingerprint density at radius 2 is 1.95 bits per heavy atom. The van der Waals surface area contributed by atoms with Gasteiger partial charge in [0.05, 0.1) is 12.8 Å². The van der Waals surface area contributed by atoms with Crippen LogP contribution in [-0.2, 0) is 9.59 Å². The first kappa shape index (κ1) is 16.3. The van der Waals surface area contributed by atoms with Crippen LogP contribution in [0.3, 0.4) is 0 Å². The fourth-order valence-electron chi connectivity index (χ4n) is 2.82. The first-order valence-electron chi connectivity index (χ1n) is 7.49. The van der Waals surface area contributed by atoms with Gasteiger partial charge in [-0.15, -0.1) is 0 Å². The molecule has 1 aliphatic rings. The average molecular weight is 306 g/mol. The first-order valence-corrected chi connectivity index (χ1v) is 7.49. The first-order chi connectivity index (χ1) is 10.6. The molecule has 120 valence electrons. The Labute approximate surface area is 129 Å². The predicted molar refractivity (Wildman–Crippen MR) is 83.1 cm³/mol. The summed E-state index contributed by atoms with van der Waals surface area (Å²) in [7, 11) is 1.54. The molecule has 0 aliphatic heterocycles. The molecule has 3 N–H and O–H groups in total. The van der Waals surface area contributed by atoms with Crippen LogP contribution in [0.2, 0.25) is 0 Å². The molecule has 1 aliphatic carbocycles. The van der Waals surface area contributed by atoms with Crippen LogP contribution < -0.4 is 15.4 Å².